The molecule has 0 aliphatic carbocycles. The topological polar surface area (TPSA) is 59.2 Å². The monoisotopic (exact) mass is 300 g/mol. The lowest BCUT2D eigenvalue weighted by Crippen LogP contribution is -1.90. The number of aryl methyl sites for hydroxylation is 1. The number of halogens is 1. The number of phenolic OH excluding ortho intramolecular Hbond substituents is 1. The maximum Gasteiger partial charge on any atom is 0.261 e. The molecule has 1 aromatic heterocycles. The lowest BCUT2D eigenvalue weighted by molar-refractivity contribution is 0.418. The lowest BCUT2D eigenvalue weighted by Gasteiger charge is -1.99. The molecule has 0 saturated carbocycles. The molecule has 0 aliphatic rings. The van der Waals surface area contributed by atoms with Crippen LogP contribution in [-0.4, -0.2) is 15.2 Å². The van der Waals surface area contributed by atoms with E-state index in [1.165, 1.54) is 11.6 Å². The van der Waals surface area contributed by atoms with Crippen molar-refractivity contribution in [3.63, 3.8) is 0 Å². The zero-order chi connectivity index (χ0) is 14.8. The number of nitrogens with zero attached hydrogens (tertiary/aromatic N) is 2. The number of aromatic hydroxyl groups is 1. The van der Waals surface area contributed by atoms with Crippen LogP contribution >= 0.6 is 11.6 Å². The van der Waals surface area contributed by atoms with Gasteiger partial charge in [0.15, 0.2) is 5.82 Å². The molecule has 0 unspecified atom stereocenters. The third kappa shape index (κ3) is 3.06. The first-order valence-corrected chi connectivity index (χ1v) is 6.86. The quantitative estimate of drug-likeness (QED) is 0.794. The van der Waals surface area contributed by atoms with Gasteiger partial charge in [0.05, 0.1) is 5.56 Å². The van der Waals surface area contributed by atoms with E-state index in [4.69, 9.17) is 16.1 Å². The number of hydrogen-bond donors (Lipinski definition) is 1. The Balaban J connectivity index is 1.84. The Kier molecular flexibility index (Phi) is 3.62. The van der Waals surface area contributed by atoms with E-state index in [-0.39, 0.29) is 11.6 Å². The van der Waals surface area contributed by atoms with Gasteiger partial charge >= 0.3 is 0 Å². The van der Waals surface area contributed by atoms with Gasteiger partial charge in [0.2, 0.25) is 0 Å². The fourth-order valence-corrected chi connectivity index (χ4v) is 2.18. The van der Waals surface area contributed by atoms with Crippen LogP contribution in [0.2, 0.25) is 5.02 Å². The Labute approximate surface area is 127 Å². The molecule has 106 valence electrons. The van der Waals surface area contributed by atoms with Crippen molar-refractivity contribution >= 4 is 11.6 Å². The average Bonchev–Trinajstić information content (AvgIpc) is 2.90. The fourth-order valence-electron chi connectivity index (χ4n) is 2.01. The molecule has 0 atom stereocenters. The normalized spacial score (nSPS) is 10.8. The average molecular weight is 301 g/mol. The minimum atomic E-state index is 0.0213. The smallest absolute Gasteiger partial charge is 0.261 e. The van der Waals surface area contributed by atoms with Gasteiger partial charge < -0.3 is 9.63 Å². The highest BCUT2D eigenvalue weighted by atomic mass is 35.5. The summed E-state index contributed by atoms with van der Waals surface area (Å²) >= 11 is 5.80. The molecule has 1 N–H and O–H groups in total. The second kappa shape index (κ2) is 5.58. The van der Waals surface area contributed by atoms with Gasteiger partial charge in [-0.1, -0.05) is 46.6 Å². The van der Waals surface area contributed by atoms with Gasteiger partial charge in [0.25, 0.3) is 5.89 Å². The van der Waals surface area contributed by atoms with Crippen LogP contribution in [0.25, 0.3) is 11.5 Å². The number of phenols is 1. The van der Waals surface area contributed by atoms with Crippen LogP contribution in [0.4, 0.5) is 0 Å². The van der Waals surface area contributed by atoms with E-state index in [0.717, 1.165) is 5.56 Å². The maximum absolute atomic E-state index is 9.86. The van der Waals surface area contributed by atoms with E-state index in [9.17, 15) is 5.11 Å². The van der Waals surface area contributed by atoms with Crippen molar-refractivity contribution in [2.75, 3.05) is 0 Å². The van der Waals surface area contributed by atoms with Crippen molar-refractivity contribution in [2.45, 2.75) is 13.3 Å². The second-order valence-electron chi connectivity index (χ2n) is 4.84. The zero-order valence-electron chi connectivity index (χ0n) is 11.4. The molecule has 5 heteroatoms. The minimum absolute atomic E-state index is 0.0213. The third-order valence-corrected chi connectivity index (χ3v) is 3.38. The predicted octanol–water partition coefficient (Wildman–Crippen LogP) is 3.99. The molecule has 0 bridgehead atoms. The molecule has 0 amide bonds. The maximum atomic E-state index is 9.86. The first-order chi connectivity index (χ1) is 10.1. The zero-order valence-corrected chi connectivity index (χ0v) is 12.1. The van der Waals surface area contributed by atoms with Crippen molar-refractivity contribution in [3.05, 3.63) is 64.4 Å². The summed E-state index contributed by atoms with van der Waals surface area (Å²) in [6.45, 7) is 2.04. The first-order valence-electron chi connectivity index (χ1n) is 6.49. The summed E-state index contributed by atoms with van der Waals surface area (Å²) in [6.07, 6.45) is 0.581. The predicted molar refractivity (Wildman–Crippen MR) is 80.4 cm³/mol. The number of benzene rings is 2. The molecule has 0 spiro atoms. The van der Waals surface area contributed by atoms with Crippen LogP contribution in [-0.2, 0) is 6.42 Å². The summed E-state index contributed by atoms with van der Waals surface area (Å²) in [5, 5.41) is 14.3. The van der Waals surface area contributed by atoms with Crippen LogP contribution in [0.5, 0.6) is 5.75 Å². The Morgan fingerprint density at radius 2 is 1.90 bits per heavy atom. The summed E-state index contributed by atoms with van der Waals surface area (Å²) in [5.41, 5.74) is 2.79. The van der Waals surface area contributed by atoms with Crippen molar-refractivity contribution < 1.29 is 9.63 Å². The van der Waals surface area contributed by atoms with Gasteiger partial charge in [-0.2, -0.15) is 4.98 Å². The SMILES string of the molecule is Cc1ccc(Cc2noc(-c3ccc(Cl)cc3O)n2)cc1. The van der Waals surface area contributed by atoms with Gasteiger partial charge in [0, 0.05) is 11.4 Å². The Bertz CT molecular complexity index is 766. The van der Waals surface area contributed by atoms with Crippen molar-refractivity contribution in [2.24, 2.45) is 0 Å². The molecule has 3 aromatic rings. The minimum Gasteiger partial charge on any atom is -0.507 e. The Morgan fingerprint density at radius 1 is 1.14 bits per heavy atom. The number of hydrogen-bond acceptors (Lipinski definition) is 4. The molecule has 0 aliphatic heterocycles. The standard InChI is InChI=1S/C16H13ClN2O2/c1-10-2-4-11(5-3-10)8-15-18-16(21-19-15)13-7-6-12(17)9-14(13)20/h2-7,9,20H,8H2,1H3. The molecule has 1 heterocycles. The second-order valence-corrected chi connectivity index (χ2v) is 5.28. The highest BCUT2D eigenvalue weighted by Gasteiger charge is 2.13. The number of aromatic nitrogens is 2. The van der Waals surface area contributed by atoms with E-state index in [1.807, 2.05) is 31.2 Å². The summed E-state index contributed by atoms with van der Waals surface area (Å²) < 4.78 is 5.20. The fraction of sp³-hybridized carbons (Fsp3) is 0.125. The van der Waals surface area contributed by atoms with Gasteiger partial charge in [-0.3, -0.25) is 0 Å². The molecule has 0 radical (unpaired) electrons. The number of rotatable bonds is 3. The van der Waals surface area contributed by atoms with Gasteiger partial charge in [-0.15, -0.1) is 0 Å². The highest BCUT2D eigenvalue weighted by molar-refractivity contribution is 6.30. The van der Waals surface area contributed by atoms with Crippen LogP contribution in [0.1, 0.15) is 17.0 Å². The molecular formula is C16H13ClN2O2. The summed E-state index contributed by atoms with van der Waals surface area (Å²) in [6, 6.07) is 12.9. The van der Waals surface area contributed by atoms with Crippen molar-refractivity contribution in [1.82, 2.24) is 10.1 Å². The largest absolute Gasteiger partial charge is 0.507 e. The van der Waals surface area contributed by atoms with E-state index in [2.05, 4.69) is 10.1 Å². The Hall–Kier alpha value is -2.33. The van der Waals surface area contributed by atoms with Gasteiger partial charge in [-0.25, -0.2) is 0 Å². The molecule has 4 nitrogen and oxygen atoms in total. The lowest BCUT2D eigenvalue weighted by atomic mass is 10.1. The summed E-state index contributed by atoms with van der Waals surface area (Å²) in [7, 11) is 0. The third-order valence-electron chi connectivity index (χ3n) is 3.14. The molecule has 0 fully saturated rings. The molecule has 2 aromatic carbocycles. The van der Waals surface area contributed by atoms with Crippen LogP contribution in [0, 0.1) is 6.92 Å². The first kappa shape index (κ1) is 13.6. The van der Waals surface area contributed by atoms with Crippen molar-refractivity contribution in [3.8, 4) is 17.2 Å². The Morgan fingerprint density at radius 3 is 2.62 bits per heavy atom. The molecule has 21 heavy (non-hydrogen) atoms. The van der Waals surface area contributed by atoms with Crippen molar-refractivity contribution in [1.29, 1.82) is 0 Å². The molecular weight excluding hydrogens is 288 g/mol. The van der Waals surface area contributed by atoms with E-state index in [0.29, 0.717) is 22.8 Å². The van der Waals surface area contributed by atoms with Crippen LogP contribution in [0.15, 0.2) is 47.0 Å². The summed E-state index contributed by atoms with van der Waals surface area (Å²) in [5.74, 6) is 0.877. The molecule has 3 rings (SSSR count). The molecule has 0 saturated heterocycles. The highest BCUT2D eigenvalue weighted by Crippen LogP contribution is 2.30. The van der Waals surface area contributed by atoms with Crippen LogP contribution < -0.4 is 0 Å². The van der Waals surface area contributed by atoms with Gasteiger partial charge in [-0.05, 0) is 30.7 Å². The van der Waals surface area contributed by atoms with E-state index in [1.54, 1.807) is 12.1 Å². The van der Waals surface area contributed by atoms with Gasteiger partial charge in [0.1, 0.15) is 5.75 Å². The van der Waals surface area contributed by atoms with E-state index >= 15 is 0 Å². The summed E-state index contributed by atoms with van der Waals surface area (Å²) in [4.78, 5) is 4.31. The van der Waals surface area contributed by atoms with E-state index < -0.39 is 0 Å². The van der Waals surface area contributed by atoms with Crippen LogP contribution in [0.3, 0.4) is 0 Å².